The van der Waals surface area contributed by atoms with Crippen LogP contribution in [0.25, 0.3) is 22.2 Å². The number of ether oxygens (including phenoxy) is 1. The van der Waals surface area contributed by atoms with Crippen molar-refractivity contribution in [1.82, 2.24) is 9.88 Å². The van der Waals surface area contributed by atoms with Gasteiger partial charge in [-0.1, -0.05) is 58.4 Å². The number of methoxy groups -OCH3 is 1. The quantitative estimate of drug-likeness (QED) is 0.363. The summed E-state index contributed by atoms with van der Waals surface area (Å²) in [6.07, 6.45) is 0. The molecule has 33 heavy (non-hydrogen) atoms. The Kier molecular flexibility index (Phi) is 6.01. The smallest absolute Gasteiger partial charge is 0.254 e. The van der Waals surface area contributed by atoms with Gasteiger partial charge in [0.25, 0.3) is 5.91 Å². The zero-order valence-electron chi connectivity index (χ0n) is 18.4. The molecule has 0 unspecified atom stereocenters. The van der Waals surface area contributed by atoms with Crippen molar-refractivity contribution in [3.8, 4) is 17.0 Å². The number of pyridine rings is 1. The number of piperazine rings is 1. The zero-order valence-corrected chi connectivity index (χ0v) is 20.0. The second-order valence-electron chi connectivity index (χ2n) is 8.03. The number of halogens is 1. The molecule has 1 aliphatic rings. The first-order chi connectivity index (χ1) is 16.1. The maximum Gasteiger partial charge on any atom is 0.254 e. The summed E-state index contributed by atoms with van der Waals surface area (Å²) in [5.74, 6) is 0.903. The Bertz CT molecular complexity index is 1320. The standard InChI is InChI=1S/C27H24BrN3O2/c1-33-26-12-5-4-11-25(26)30-13-15-31(16-14-30)27(32)22-18-24(19-7-6-8-20(28)17-19)29-23-10-3-2-9-21(22)23/h2-12,17-18H,13-16H2,1H3. The maximum absolute atomic E-state index is 13.7. The van der Waals surface area contributed by atoms with Crippen LogP contribution in [0.5, 0.6) is 5.75 Å². The van der Waals surface area contributed by atoms with Gasteiger partial charge in [0, 0.05) is 41.6 Å². The molecule has 166 valence electrons. The van der Waals surface area contributed by atoms with Gasteiger partial charge in [-0.2, -0.15) is 0 Å². The topological polar surface area (TPSA) is 45.7 Å². The van der Waals surface area contributed by atoms with Crippen LogP contribution in [0.4, 0.5) is 5.69 Å². The van der Waals surface area contributed by atoms with Gasteiger partial charge in [-0.15, -0.1) is 0 Å². The van der Waals surface area contributed by atoms with Gasteiger partial charge < -0.3 is 14.5 Å². The molecule has 0 spiro atoms. The molecule has 1 saturated heterocycles. The second-order valence-corrected chi connectivity index (χ2v) is 8.95. The summed E-state index contributed by atoms with van der Waals surface area (Å²) < 4.78 is 6.50. The van der Waals surface area contributed by atoms with E-state index < -0.39 is 0 Å². The fourth-order valence-corrected chi connectivity index (χ4v) is 4.76. The van der Waals surface area contributed by atoms with Crippen molar-refractivity contribution in [3.05, 3.63) is 88.9 Å². The number of aromatic nitrogens is 1. The first kappa shape index (κ1) is 21.5. The number of hydrogen-bond donors (Lipinski definition) is 0. The Morgan fingerprint density at radius 1 is 0.909 bits per heavy atom. The summed E-state index contributed by atoms with van der Waals surface area (Å²) >= 11 is 3.54. The summed E-state index contributed by atoms with van der Waals surface area (Å²) in [6, 6.07) is 25.8. The summed E-state index contributed by atoms with van der Waals surface area (Å²) in [7, 11) is 1.69. The number of anilines is 1. The molecule has 0 saturated carbocycles. The van der Waals surface area contributed by atoms with E-state index in [0.717, 1.165) is 51.2 Å². The van der Waals surface area contributed by atoms with Crippen LogP contribution in [-0.4, -0.2) is 49.1 Å². The number of benzene rings is 3. The molecule has 0 aliphatic carbocycles. The number of hydrogen-bond acceptors (Lipinski definition) is 4. The first-order valence-electron chi connectivity index (χ1n) is 11.0. The predicted octanol–water partition coefficient (Wildman–Crippen LogP) is 5.64. The van der Waals surface area contributed by atoms with Gasteiger partial charge in [0.05, 0.1) is 29.6 Å². The lowest BCUT2D eigenvalue weighted by Gasteiger charge is -2.36. The monoisotopic (exact) mass is 501 g/mol. The molecule has 6 heteroatoms. The van der Waals surface area contributed by atoms with E-state index in [-0.39, 0.29) is 5.91 Å². The highest BCUT2D eigenvalue weighted by Gasteiger charge is 2.25. The van der Waals surface area contributed by atoms with E-state index >= 15 is 0 Å². The van der Waals surface area contributed by atoms with E-state index in [0.29, 0.717) is 18.7 Å². The van der Waals surface area contributed by atoms with Gasteiger partial charge in [-0.25, -0.2) is 4.98 Å². The van der Waals surface area contributed by atoms with Crippen LogP contribution in [0.3, 0.4) is 0 Å². The average molecular weight is 502 g/mol. The number of nitrogens with zero attached hydrogens (tertiary/aromatic N) is 3. The van der Waals surface area contributed by atoms with E-state index in [1.54, 1.807) is 7.11 Å². The molecule has 1 aliphatic heterocycles. The average Bonchev–Trinajstić information content (AvgIpc) is 2.87. The Morgan fingerprint density at radius 3 is 2.45 bits per heavy atom. The first-order valence-corrected chi connectivity index (χ1v) is 11.8. The number of amides is 1. The molecule has 2 heterocycles. The van der Waals surface area contributed by atoms with Crippen LogP contribution in [0.1, 0.15) is 10.4 Å². The maximum atomic E-state index is 13.7. The molecule has 5 nitrogen and oxygen atoms in total. The summed E-state index contributed by atoms with van der Waals surface area (Å²) in [6.45, 7) is 2.82. The molecular formula is C27H24BrN3O2. The van der Waals surface area contributed by atoms with E-state index in [9.17, 15) is 4.79 Å². The van der Waals surface area contributed by atoms with Crippen molar-refractivity contribution in [2.75, 3.05) is 38.2 Å². The van der Waals surface area contributed by atoms with Gasteiger partial charge >= 0.3 is 0 Å². The van der Waals surface area contributed by atoms with E-state index in [4.69, 9.17) is 9.72 Å². The number of fused-ring (bicyclic) bond motifs is 1. The number of rotatable bonds is 4. The van der Waals surface area contributed by atoms with Crippen LogP contribution >= 0.6 is 15.9 Å². The normalized spacial score (nSPS) is 13.9. The SMILES string of the molecule is COc1ccccc1N1CCN(C(=O)c2cc(-c3cccc(Br)c3)nc3ccccc23)CC1. The van der Waals surface area contributed by atoms with Crippen molar-refractivity contribution in [2.45, 2.75) is 0 Å². The van der Waals surface area contributed by atoms with Crippen LogP contribution in [0.15, 0.2) is 83.3 Å². The third-order valence-corrected chi connectivity index (χ3v) is 6.55. The molecule has 0 N–H and O–H groups in total. The molecule has 0 radical (unpaired) electrons. The molecule has 0 bridgehead atoms. The molecule has 1 aromatic heterocycles. The minimum atomic E-state index is 0.0459. The Hall–Kier alpha value is -3.38. The van der Waals surface area contributed by atoms with Crippen LogP contribution in [0.2, 0.25) is 0 Å². The van der Waals surface area contributed by atoms with Crippen LogP contribution in [0, 0.1) is 0 Å². The summed E-state index contributed by atoms with van der Waals surface area (Å²) in [4.78, 5) is 22.7. The van der Waals surface area contributed by atoms with Gasteiger partial charge in [0.2, 0.25) is 0 Å². The highest BCUT2D eigenvalue weighted by Crippen LogP contribution is 2.30. The third kappa shape index (κ3) is 4.31. The minimum absolute atomic E-state index is 0.0459. The number of para-hydroxylation sites is 3. The van der Waals surface area contributed by atoms with Gasteiger partial charge in [-0.05, 0) is 36.4 Å². The van der Waals surface area contributed by atoms with Crippen molar-refractivity contribution in [2.24, 2.45) is 0 Å². The van der Waals surface area contributed by atoms with Gasteiger partial charge in [-0.3, -0.25) is 4.79 Å². The molecule has 5 rings (SSSR count). The molecule has 3 aromatic carbocycles. The van der Waals surface area contributed by atoms with Gasteiger partial charge in [0.1, 0.15) is 5.75 Å². The fraction of sp³-hybridized carbons (Fsp3) is 0.185. The minimum Gasteiger partial charge on any atom is -0.495 e. The largest absolute Gasteiger partial charge is 0.495 e. The molecule has 1 amide bonds. The third-order valence-electron chi connectivity index (χ3n) is 6.06. The van der Waals surface area contributed by atoms with Crippen LogP contribution < -0.4 is 9.64 Å². The Balaban J connectivity index is 1.44. The zero-order chi connectivity index (χ0) is 22.8. The van der Waals surface area contributed by atoms with Crippen molar-refractivity contribution < 1.29 is 9.53 Å². The fourth-order valence-electron chi connectivity index (χ4n) is 4.36. The molecule has 1 fully saturated rings. The number of carbonyl (C=O) groups is 1. The summed E-state index contributed by atoms with van der Waals surface area (Å²) in [5, 5.41) is 0.883. The van der Waals surface area contributed by atoms with Crippen molar-refractivity contribution in [3.63, 3.8) is 0 Å². The molecule has 4 aromatic rings. The molecule has 0 atom stereocenters. The number of carbonyl (C=O) groups excluding carboxylic acids is 1. The second kappa shape index (κ2) is 9.24. The summed E-state index contributed by atoms with van der Waals surface area (Å²) in [5.41, 5.74) is 4.36. The van der Waals surface area contributed by atoms with E-state index in [2.05, 4.69) is 26.9 Å². The Labute approximate surface area is 201 Å². The van der Waals surface area contributed by atoms with Crippen molar-refractivity contribution in [1.29, 1.82) is 0 Å². The van der Waals surface area contributed by atoms with Crippen molar-refractivity contribution >= 4 is 38.4 Å². The lowest BCUT2D eigenvalue weighted by Crippen LogP contribution is -2.49. The molecular weight excluding hydrogens is 478 g/mol. The van der Waals surface area contributed by atoms with Crippen LogP contribution in [-0.2, 0) is 0 Å². The van der Waals surface area contributed by atoms with E-state index in [1.807, 2.05) is 77.7 Å². The van der Waals surface area contributed by atoms with Gasteiger partial charge in [0.15, 0.2) is 0 Å². The lowest BCUT2D eigenvalue weighted by atomic mass is 10.0. The Morgan fingerprint density at radius 2 is 1.67 bits per heavy atom. The highest BCUT2D eigenvalue weighted by molar-refractivity contribution is 9.10. The highest BCUT2D eigenvalue weighted by atomic mass is 79.9. The van der Waals surface area contributed by atoms with E-state index in [1.165, 1.54) is 0 Å². The lowest BCUT2D eigenvalue weighted by molar-refractivity contribution is 0.0748. The predicted molar refractivity (Wildman–Crippen MR) is 136 cm³/mol.